The van der Waals surface area contributed by atoms with Crippen molar-refractivity contribution in [3.05, 3.63) is 51.8 Å². The van der Waals surface area contributed by atoms with E-state index < -0.39 is 0 Å². The summed E-state index contributed by atoms with van der Waals surface area (Å²) in [4.78, 5) is 35.0. The van der Waals surface area contributed by atoms with E-state index in [1.165, 1.54) is 18.3 Å². The van der Waals surface area contributed by atoms with Crippen molar-refractivity contribution in [1.82, 2.24) is 9.97 Å². The maximum Gasteiger partial charge on any atom is 0.266 e. The number of anilines is 1. The molecular weight excluding hydrogens is 346 g/mol. The largest absolute Gasteiger partial charge is 0.321 e. The number of ketones is 1. The molecule has 0 aliphatic heterocycles. The molecule has 4 rings (SSSR count). The van der Waals surface area contributed by atoms with Gasteiger partial charge in [0.2, 0.25) is 0 Å². The second-order valence-corrected chi connectivity index (χ2v) is 7.76. The maximum atomic E-state index is 12.7. The summed E-state index contributed by atoms with van der Waals surface area (Å²) in [5.41, 5.74) is 3.15. The summed E-state index contributed by atoms with van der Waals surface area (Å²) in [5, 5.41) is 3.89. The number of nitrogens with zero attached hydrogens (tertiary/aromatic N) is 2. The number of benzene rings is 1. The molecule has 3 aromatic rings. The van der Waals surface area contributed by atoms with Gasteiger partial charge in [-0.05, 0) is 63.4 Å². The summed E-state index contributed by atoms with van der Waals surface area (Å²) in [5.74, 6) is 1.23. The molecule has 1 amide bonds. The van der Waals surface area contributed by atoms with Gasteiger partial charge in [-0.15, -0.1) is 11.3 Å². The Kier molecular flexibility index (Phi) is 4.07. The molecule has 5 nitrogen and oxygen atoms in total. The lowest BCUT2D eigenvalue weighted by atomic mass is 10.1. The maximum absolute atomic E-state index is 12.7. The molecule has 1 aromatic carbocycles. The monoisotopic (exact) mass is 365 g/mol. The Bertz CT molecular complexity index is 1030. The first-order valence-corrected chi connectivity index (χ1v) is 9.45. The highest BCUT2D eigenvalue weighted by molar-refractivity contribution is 7.20. The zero-order valence-corrected chi connectivity index (χ0v) is 15.7. The number of amides is 1. The third-order valence-electron chi connectivity index (χ3n) is 4.69. The van der Waals surface area contributed by atoms with Gasteiger partial charge in [-0.2, -0.15) is 0 Å². The van der Waals surface area contributed by atoms with Gasteiger partial charge in [-0.3, -0.25) is 9.59 Å². The van der Waals surface area contributed by atoms with E-state index in [9.17, 15) is 9.59 Å². The van der Waals surface area contributed by atoms with Crippen molar-refractivity contribution in [2.45, 2.75) is 39.5 Å². The Hall–Kier alpha value is -2.60. The van der Waals surface area contributed by atoms with E-state index in [0.717, 1.165) is 40.1 Å². The van der Waals surface area contributed by atoms with Gasteiger partial charge >= 0.3 is 0 Å². The molecule has 0 spiro atoms. The third kappa shape index (κ3) is 3.01. The van der Waals surface area contributed by atoms with Gasteiger partial charge in [0.15, 0.2) is 5.78 Å². The number of carbonyl (C=O) groups excluding carboxylic acids is 2. The summed E-state index contributed by atoms with van der Waals surface area (Å²) < 4.78 is 0. The molecule has 2 heterocycles. The molecule has 0 atom stereocenters. The van der Waals surface area contributed by atoms with E-state index in [2.05, 4.69) is 15.3 Å². The lowest BCUT2D eigenvalue weighted by Gasteiger charge is -2.05. The van der Waals surface area contributed by atoms with Crippen molar-refractivity contribution in [2.75, 3.05) is 5.32 Å². The predicted octanol–water partition coefficient (Wildman–Crippen LogP) is 4.64. The van der Waals surface area contributed by atoms with Gasteiger partial charge in [0.25, 0.3) is 5.91 Å². The molecule has 1 aliphatic carbocycles. The summed E-state index contributed by atoms with van der Waals surface area (Å²) in [7, 11) is 0. The number of hydrogen-bond acceptors (Lipinski definition) is 5. The van der Waals surface area contributed by atoms with Gasteiger partial charge in [0, 0.05) is 22.6 Å². The molecule has 1 fully saturated rings. The van der Waals surface area contributed by atoms with E-state index in [-0.39, 0.29) is 11.7 Å². The van der Waals surface area contributed by atoms with Crippen molar-refractivity contribution >= 4 is 38.9 Å². The van der Waals surface area contributed by atoms with E-state index in [1.807, 2.05) is 13.8 Å². The topological polar surface area (TPSA) is 72.0 Å². The molecule has 1 N–H and O–H groups in total. The Morgan fingerprint density at radius 2 is 1.81 bits per heavy atom. The minimum Gasteiger partial charge on any atom is -0.321 e. The summed E-state index contributed by atoms with van der Waals surface area (Å²) in [6.45, 7) is 5.45. The second-order valence-electron chi connectivity index (χ2n) is 6.77. The lowest BCUT2D eigenvalue weighted by molar-refractivity contribution is 0.101. The van der Waals surface area contributed by atoms with Crippen molar-refractivity contribution in [2.24, 2.45) is 0 Å². The van der Waals surface area contributed by atoms with E-state index in [4.69, 9.17) is 0 Å². The smallest absolute Gasteiger partial charge is 0.266 e. The van der Waals surface area contributed by atoms with E-state index in [0.29, 0.717) is 22.0 Å². The Balaban J connectivity index is 1.65. The molecule has 1 saturated carbocycles. The number of fused-ring (bicyclic) bond motifs is 1. The molecular formula is C20H19N3O2S. The second kappa shape index (κ2) is 6.29. The fraction of sp³-hybridized carbons (Fsp3) is 0.300. The average Bonchev–Trinajstić information content (AvgIpc) is 3.39. The summed E-state index contributed by atoms with van der Waals surface area (Å²) >= 11 is 1.42. The van der Waals surface area contributed by atoms with Crippen LogP contribution in [-0.4, -0.2) is 21.7 Å². The van der Waals surface area contributed by atoms with Crippen LogP contribution in [-0.2, 0) is 0 Å². The zero-order valence-electron chi connectivity index (χ0n) is 14.9. The highest BCUT2D eigenvalue weighted by atomic mass is 32.1. The summed E-state index contributed by atoms with van der Waals surface area (Å²) in [6, 6.07) is 6.92. The average molecular weight is 365 g/mol. The number of carbonyl (C=O) groups is 2. The van der Waals surface area contributed by atoms with Gasteiger partial charge in [-0.25, -0.2) is 9.97 Å². The van der Waals surface area contributed by atoms with Crippen molar-refractivity contribution in [1.29, 1.82) is 0 Å². The standard InChI is InChI=1S/C20H19N3O2S/c1-10-16-11(2)21-18(14-4-5-14)23-20(16)26-17(10)19(25)22-15-8-6-13(7-9-15)12(3)24/h6-9,14H,4-5H2,1-3H3,(H,22,25). The molecule has 26 heavy (non-hydrogen) atoms. The number of nitrogens with one attached hydrogen (secondary N) is 1. The third-order valence-corrected chi connectivity index (χ3v) is 5.87. The number of aryl methyl sites for hydroxylation is 2. The molecule has 0 radical (unpaired) electrons. The highest BCUT2D eigenvalue weighted by Crippen LogP contribution is 2.40. The number of thiophene rings is 1. The zero-order chi connectivity index (χ0) is 18.4. The molecule has 0 bridgehead atoms. The SMILES string of the molecule is CC(=O)c1ccc(NC(=O)c2sc3nc(C4CC4)nc(C)c3c2C)cc1. The molecule has 6 heteroatoms. The molecule has 1 aliphatic rings. The van der Waals surface area contributed by atoms with Crippen molar-refractivity contribution < 1.29 is 9.59 Å². The molecule has 0 unspecified atom stereocenters. The Morgan fingerprint density at radius 1 is 1.12 bits per heavy atom. The molecule has 2 aromatic heterocycles. The van der Waals surface area contributed by atoms with Crippen molar-refractivity contribution in [3.8, 4) is 0 Å². The minimum atomic E-state index is -0.159. The van der Waals surface area contributed by atoms with Gasteiger partial charge in [0.05, 0.1) is 10.6 Å². The normalized spacial score (nSPS) is 13.8. The first-order valence-electron chi connectivity index (χ1n) is 8.64. The number of Topliss-reactive ketones (excluding diaryl/α,β-unsaturated/α-hetero) is 1. The first-order chi connectivity index (χ1) is 12.4. The summed E-state index contributed by atoms with van der Waals surface area (Å²) in [6.07, 6.45) is 2.30. The van der Waals surface area contributed by atoms with Gasteiger partial charge < -0.3 is 5.32 Å². The number of rotatable bonds is 4. The lowest BCUT2D eigenvalue weighted by Crippen LogP contribution is -2.11. The van der Waals surface area contributed by atoms with Crippen LogP contribution in [0.2, 0.25) is 0 Å². The van der Waals surface area contributed by atoms with Crippen molar-refractivity contribution in [3.63, 3.8) is 0 Å². The van der Waals surface area contributed by atoms with E-state index >= 15 is 0 Å². The number of hydrogen-bond donors (Lipinski definition) is 1. The molecule has 132 valence electrons. The fourth-order valence-electron chi connectivity index (χ4n) is 3.08. The highest BCUT2D eigenvalue weighted by Gasteiger charge is 2.28. The quantitative estimate of drug-likeness (QED) is 0.684. The van der Waals surface area contributed by atoms with Gasteiger partial charge in [-0.1, -0.05) is 0 Å². The minimum absolute atomic E-state index is 0.00347. The Labute approximate surface area is 155 Å². The van der Waals surface area contributed by atoms with Crippen LogP contribution in [0, 0.1) is 13.8 Å². The predicted molar refractivity (Wildman–Crippen MR) is 103 cm³/mol. The van der Waals surface area contributed by atoms with Gasteiger partial charge in [0.1, 0.15) is 10.7 Å². The van der Waals surface area contributed by atoms with E-state index in [1.54, 1.807) is 24.3 Å². The van der Waals surface area contributed by atoms with Crippen LogP contribution >= 0.6 is 11.3 Å². The van der Waals surface area contributed by atoms with Crippen LogP contribution in [0.5, 0.6) is 0 Å². The van der Waals surface area contributed by atoms with Crippen LogP contribution in [0.15, 0.2) is 24.3 Å². The fourth-order valence-corrected chi connectivity index (χ4v) is 4.21. The van der Waals surface area contributed by atoms with Crippen LogP contribution in [0.3, 0.4) is 0 Å². The van der Waals surface area contributed by atoms with Crippen LogP contribution in [0.4, 0.5) is 5.69 Å². The van der Waals surface area contributed by atoms with Crippen LogP contribution < -0.4 is 5.32 Å². The number of aromatic nitrogens is 2. The first kappa shape index (κ1) is 16.8. The Morgan fingerprint density at radius 3 is 2.42 bits per heavy atom. The van der Waals surface area contributed by atoms with Crippen LogP contribution in [0.1, 0.15) is 62.8 Å². The van der Waals surface area contributed by atoms with Crippen LogP contribution in [0.25, 0.3) is 10.2 Å². The molecule has 0 saturated heterocycles.